The van der Waals surface area contributed by atoms with E-state index in [0.29, 0.717) is 15.9 Å². The molecule has 3 rings (SSSR count). The van der Waals surface area contributed by atoms with Gasteiger partial charge in [-0.25, -0.2) is 4.98 Å². The Morgan fingerprint density at radius 3 is 2.43 bits per heavy atom. The number of benzene rings is 1. The zero-order valence-corrected chi connectivity index (χ0v) is 12.4. The summed E-state index contributed by atoms with van der Waals surface area (Å²) < 4.78 is 0. The lowest BCUT2D eigenvalue weighted by atomic mass is 10.1. The average Bonchev–Trinajstić information content (AvgIpc) is 2.52. The van der Waals surface area contributed by atoms with Crippen molar-refractivity contribution in [3.8, 4) is 11.1 Å². The fourth-order valence-corrected chi connectivity index (χ4v) is 2.36. The summed E-state index contributed by atoms with van der Waals surface area (Å²) in [6, 6.07) is 13.1. The molecule has 1 aromatic carbocycles. The molecule has 0 unspecified atom stereocenters. The van der Waals surface area contributed by atoms with E-state index in [4.69, 9.17) is 23.2 Å². The van der Waals surface area contributed by atoms with Crippen molar-refractivity contribution >= 4 is 34.7 Å². The van der Waals surface area contributed by atoms with Crippen LogP contribution in [0.1, 0.15) is 0 Å². The van der Waals surface area contributed by atoms with Crippen molar-refractivity contribution in [2.45, 2.75) is 0 Å². The van der Waals surface area contributed by atoms with Crippen molar-refractivity contribution in [2.24, 2.45) is 0 Å². The first kappa shape index (κ1) is 13.9. The van der Waals surface area contributed by atoms with Gasteiger partial charge < -0.3 is 5.32 Å². The van der Waals surface area contributed by atoms with Crippen LogP contribution in [0.3, 0.4) is 0 Å². The summed E-state index contributed by atoms with van der Waals surface area (Å²) in [5.74, 6) is 0.715. The van der Waals surface area contributed by atoms with Gasteiger partial charge in [0.15, 0.2) is 0 Å². The summed E-state index contributed by atoms with van der Waals surface area (Å²) in [5, 5.41) is 4.32. The predicted octanol–water partition coefficient (Wildman–Crippen LogP) is 5.19. The zero-order chi connectivity index (χ0) is 14.7. The number of nitrogens with zero attached hydrogens (tertiary/aromatic N) is 2. The molecule has 1 N–H and O–H groups in total. The van der Waals surface area contributed by atoms with E-state index in [1.807, 2.05) is 30.3 Å². The van der Waals surface area contributed by atoms with Gasteiger partial charge in [0.25, 0.3) is 0 Å². The Morgan fingerprint density at radius 2 is 1.76 bits per heavy atom. The lowest BCUT2D eigenvalue weighted by Crippen LogP contribution is -1.94. The number of anilines is 2. The van der Waals surface area contributed by atoms with E-state index in [-0.39, 0.29) is 0 Å². The lowest BCUT2D eigenvalue weighted by Gasteiger charge is -2.08. The number of halogens is 2. The van der Waals surface area contributed by atoms with Crippen LogP contribution in [0.5, 0.6) is 0 Å². The molecule has 0 spiro atoms. The summed E-state index contributed by atoms with van der Waals surface area (Å²) in [4.78, 5) is 8.48. The molecule has 0 atom stereocenters. The highest BCUT2D eigenvalue weighted by molar-refractivity contribution is 6.36. The molecule has 0 amide bonds. The number of pyridine rings is 2. The van der Waals surface area contributed by atoms with E-state index >= 15 is 0 Å². The van der Waals surface area contributed by atoms with Crippen LogP contribution in [-0.4, -0.2) is 9.97 Å². The maximum atomic E-state index is 6.12. The van der Waals surface area contributed by atoms with Crippen LogP contribution in [0.25, 0.3) is 11.1 Å². The highest BCUT2D eigenvalue weighted by atomic mass is 35.5. The third kappa shape index (κ3) is 3.32. The standard InChI is InChI=1S/C16H11Cl2N3/c17-13-4-5-15(14(18)8-13)21-16-6-3-12(10-20-16)11-2-1-7-19-9-11/h1-10H,(H,20,21). The molecule has 0 saturated heterocycles. The SMILES string of the molecule is Clc1ccc(Nc2ccc(-c3cccnc3)cn2)c(Cl)c1. The topological polar surface area (TPSA) is 37.8 Å². The first-order valence-corrected chi connectivity index (χ1v) is 7.06. The molecule has 0 saturated carbocycles. The Balaban J connectivity index is 1.81. The van der Waals surface area contributed by atoms with Crippen molar-refractivity contribution in [1.29, 1.82) is 0 Å². The summed E-state index contributed by atoms with van der Waals surface area (Å²) in [6.45, 7) is 0. The number of hydrogen-bond donors (Lipinski definition) is 1. The Bertz CT molecular complexity index is 743. The summed E-state index contributed by atoms with van der Waals surface area (Å²) in [6.07, 6.45) is 5.35. The largest absolute Gasteiger partial charge is 0.339 e. The second-order valence-corrected chi connectivity index (χ2v) is 5.27. The van der Waals surface area contributed by atoms with Crippen molar-refractivity contribution in [1.82, 2.24) is 9.97 Å². The first-order valence-electron chi connectivity index (χ1n) is 6.31. The second-order valence-electron chi connectivity index (χ2n) is 4.42. The molecule has 3 aromatic rings. The van der Waals surface area contributed by atoms with Crippen LogP contribution < -0.4 is 5.32 Å². The van der Waals surface area contributed by atoms with Gasteiger partial charge in [0.1, 0.15) is 5.82 Å². The Kier molecular flexibility index (Phi) is 4.04. The summed E-state index contributed by atoms with van der Waals surface area (Å²) in [5.41, 5.74) is 2.81. The van der Waals surface area contributed by atoms with Crippen LogP contribution >= 0.6 is 23.2 Å². The molecule has 0 aliphatic carbocycles. The van der Waals surface area contributed by atoms with E-state index in [9.17, 15) is 0 Å². The average molecular weight is 316 g/mol. The van der Waals surface area contributed by atoms with Crippen molar-refractivity contribution in [3.05, 3.63) is 71.1 Å². The van der Waals surface area contributed by atoms with Gasteiger partial charge in [0.05, 0.1) is 10.7 Å². The van der Waals surface area contributed by atoms with Crippen LogP contribution in [0.15, 0.2) is 61.1 Å². The molecule has 0 bridgehead atoms. The fourth-order valence-electron chi connectivity index (χ4n) is 1.90. The van der Waals surface area contributed by atoms with Crippen LogP contribution in [0.2, 0.25) is 10.0 Å². The van der Waals surface area contributed by atoms with Gasteiger partial charge in [-0.3, -0.25) is 4.98 Å². The van der Waals surface area contributed by atoms with E-state index in [1.165, 1.54) is 0 Å². The smallest absolute Gasteiger partial charge is 0.130 e. The van der Waals surface area contributed by atoms with Crippen molar-refractivity contribution < 1.29 is 0 Å². The first-order chi connectivity index (χ1) is 10.2. The molecule has 0 radical (unpaired) electrons. The molecule has 2 aromatic heterocycles. The molecule has 3 nitrogen and oxygen atoms in total. The van der Waals surface area contributed by atoms with E-state index in [1.54, 1.807) is 30.7 Å². The monoisotopic (exact) mass is 315 g/mol. The highest BCUT2D eigenvalue weighted by Gasteiger charge is 2.03. The van der Waals surface area contributed by atoms with Crippen molar-refractivity contribution in [2.75, 3.05) is 5.32 Å². The van der Waals surface area contributed by atoms with Gasteiger partial charge in [-0.15, -0.1) is 0 Å². The summed E-state index contributed by atoms with van der Waals surface area (Å²) >= 11 is 12.0. The molecule has 2 heterocycles. The molecule has 0 aliphatic heterocycles. The predicted molar refractivity (Wildman–Crippen MR) is 87.2 cm³/mol. The van der Waals surface area contributed by atoms with Gasteiger partial charge in [-0.1, -0.05) is 29.3 Å². The normalized spacial score (nSPS) is 10.4. The lowest BCUT2D eigenvalue weighted by molar-refractivity contribution is 1.29. The molecule has 5 heteroatoms. The highest BCUT2D eigenvalue weighted by Crippen LogP contribution is 2.28. The second kappa shape index (κ2) is 6.12. The van der Waals surface area contributed by atoms with E-state index in [0.717, 1.165) is 16.8 Å². The molecule has 0 aliphatic rings. The molecular formula is C16H11Cl2N3. The minimum atomic E-state index is 0.556. The fraction of sp³-hybridized carbons (Fsp3) is 0. The van der Waals surface area contributed by atoms with E-state index in [2.05, 4.69) is 15.3 Å². The van der Waals surface area contributed by atoms with Gasteiger partial charge in [-0.2, -0.15) is 0 Å². The number of aromatic nitrogens is 2. The molecule has 21 heavy (non-hydrogen) atoms. The Hall–Kier alpha value is -2.10. The minimum Gasteiger partial charge on any atom is -0.339 e. The van der Waals surface area contributed by atoms with Crippen LogP contribution in [0, 0.1) is 0 Å². The Labute approximate surface area is 132 Å². The van der Waals surface area contributed by atoms with Gasteiger partial charge in [-0.05, 0) is 36.4 Å². The number of nitrogens with one attached hydrogen (secondary N) is 1. The maximum Gasteiger partial charge on any atom is 0.130 e. The third-order valence-electron chi connectivity index (χ3n) is 2.95. The quantitative estimate of drug-likeness (QED) is 0.722. The third-order valence-corrected chi connectivity index (χ3v) is 3.50. The van der Waals surface area contributed by atoms with Gasteiger partial charge >= 0.3 is 0 Å². The minimum absolute atomic E-state index is 0.556. The van der Waals surface area contributed by atoms with E-state index < -0.39 is 0 Å². The Morgan fingerprint density at radius 1 is 0.905 bits per heavy atom. The molecule has 0 fully saturated rings. The summed E-state index contributed by atoms with van der Waals surface area (Å²) in [7, 11) is 0. The van der Waals surface area contributed by atoms with Crippen LogP contribution in [0.4, 0.5) is 11.5 Å². The van der Waals surface area contributed by atoms with Crippen LogP contribution in [-0.2, 0) is 0 Å². The maximum absolute atomic E-state index is 6.12. The van der Waals surface area contributed by atoms with Gasteiger partial charge in [0.2, 0.25) is 0 Å². The number of rotatable bonds is 3. The van der Waals surface area contributed by atoms with Gasteiger partial charge in [0, 0.05) is 34.7 Å². The molecule has 104 valence electrons. The number of hydrogen-bond acceptors (Lipinski definition) is 3. The zero-order valence-electron chi connectivity index (χ0n) is 10.9. The van der Waals surface area contributed by atoms with Crippen molar-refractivity contribution in [3.63, 3.8) is 0 Å². The molecular weight excluding hydrogens is 305 g/mol.